The van der Waals surface area contributed by atoms with Crippen molar-refractivity contribution in [3.8, 4) is 0 Å². The lowest BCUT2D eigenvalue weighted by Gasteiger charge is -2.18. The summed E-state index contributed by atoms with van der Waals surface area (Å²) >= 11 is 3.32. The largest absolute Gasteiger partial charge is 0.394 e. The van der Waals surface area contributed by atoms with Crippen LogP contribution >= 0.6 is 23.5 Å². The maximum Gasteiger partial charge on any atom is 0.212 e. The van der Waals surface area contributed by atoms with Crippen LogP contribution in [-0.2, 0) is 4.79 Å². The van der Waals surface area contributed by atoms with Crippen LogP contribution < -0.4 is 0 Å². The van der Waals surface area contributed by atoms with Gasteiger partial charge in [0.05, 0.1) is 22.5 Å². The van der Waals surface area contributed by atoms with Gasteiger partial charge in [-0.25, -0.2) is 0 Å². The molecule has 0 aromatic rings. The molecule has 2 N–H and O–H groups in total. The molecule has 0 bridgehead atoms. The average molecular weight is 235 g/mol. The number of hydrogen-bond acceptors (Lipinski definition) is 5. The SMILES string of the molecule is CSC1SC([C]=O)CC1CC(O)CO. The second kappa shape index (κ2) is 6.00. The zero-order valence-corrected chi connectivity index (χ0v) is 9.68. The zero-order chi connectivity index (χ0) is 10.6. The Morgan fingerprint density at radius 2 is 2.43 bits per heavy atom. The third-order valence-electron chi connectivity index (χ3n) is 2.35. The van der Waals surface area contributed by atoms with Gasteiger partial charge in [0.25, 0.3) is 0 Å². The minimum absolute atomic E-state index is 0.0525. The molecular formula is C9H15O3S2. The Hall–Kier alpha value is 0.290. The van der Waals surface area contributed by atoms with Crippen molar-refractivity contribution in [1.82, 2.24) is 0 Å². The maximum absolute atomic E-state index is 10.5. The number of aliphatic hydroxyl groups is 2. The molecule has 0 spiro atoms. The van der Waals surface area contributed by atoms with Gasteiger partial charge in [0.15, 0.2) is 0 Å². The fraction of sp³-hybridized carbons (Fsp3) is 0.889. The Morgan fingerprint density at radius 3 is 2.93 bits per heavy atom. The molecule has 0 aliphatic carbocycles. The van der Waals surface area contributed by atoms with E-state index in [9.17, 15) is 9.90 Å². The molecule has 0 aromatic carbocycles. The second-order valence-corrected chi connectivity index (χ2v) is 6.04. The summed E-state index contributed by atoms with van der Waals surface area (Å²) in [6.45, 7) is -0.197. The first-order valence-corrected chi connectivity index (χ1v) is 6.79. The number of carbonyl (C=O) groups excluding carboxylic acids is 1. The molecule has 4 unspecified atom stereocenters. The molecule has 0 aromatic heterocycles. The third-order valence-corrected chi connectivity index (χ3v) is 5.38. The third kappa shape index (κ3) is 3.15. The van der Waals surface area contributed by atoms with E-state index >= 15 is 0 Å². The number of thioether (sulfide) groups is 2. The number of hydrogen-bond donors (Lipinski definition) is 2. The molecule has 81 valence electrons. The second-order valence-electron chi connectivity index (χ2n) is 3.41. The summed E-state index contributed by atoms with van der Waals surface area (Å²) in [5.74, 6) is 0.309. The Labute approximate surface area is 92.6 Å². The molecule has 14 heavy (non-hydrogen) atoms. The maximum atomic E-state index is 10.5. The van der Waals surface area contributed by atoms with E-state index in [1.54, 1.807) is 23.5 Å². The van der Waals surface area contributed by atoms with Crippen molar-refractivity contribution in [1.29, 1.82) is 0 Å². The van der Waals surface area contributed by atoms with Crippen molar-refractivity contribution < 1.29 is 15.0 Å². The lowest BCUT2D eigenvalue weighted by Crippen LogP contribution is -2.20. The average Bonchev–Trinajstić information content (AvgIpc) is 2.60. The highest BCUT2D eigenvalue weighted by Crippen LogP contribution is 2.44. The first-order chi connectivity index (χ1) is 6.71. The molecule has 1 heterocycles. The van der Waals surface area contributed by atoms with E-state index in [1.165, 1.54) is 0 Å². The molecule has 3 nitrogen and oxygen atoms in total. The summed E-state index contributed by atoms with van der Waals surface area (Å²) in [5, 5.41) is 18.0. The van der Waals surface area contributed by atoms with Crippen molar-refractivity contribution in [2.24, 2.45) is 5.92 Å². The topological polar surface area (TPSA) is 57.5 Å². The molecule has 0 saturated carbocycles. The molecule has 5 heteroatoms. The predicted octanol–water partition coefficient (Wildman–Crippen LogP) is 0.650. The van der Waals surface area contributed by atoms with Crippen molar-refractivity contribution in [3.63, 3.8) is 0 Å². The van der Waals surface area contributed by atoms with E-state index in [-0.39, 0.29) is 11.9 Å². The summed E-state index contributed by atoms with van der Waals surface area (Å²) < 4.78 is 0.350. The first-order valence-electron chi connectivity index (χ1n) is 4.56. The summed E-state index contributed by atoms with van der Waals surface area (Å²) in [4.78, 5) is 10.5. The molecular weight excluding hydrogens is 220 g/mol. The van der Waals surface area contributed by atoms with Gasteiger partial charge in [-0.15, -0.1) is 11.8 Å². The Morgan fingerprint density at radius 1 is 1.71 bits per heavy atom. The van der Waals surface area contributed by atoms with Gasteiger partial charge >= 0.3 is 0 Å². The summed E-state index contributed by atoms with van der Waals surface area (Å²) in [6, 6.07) is 0. The van der Waals surface area contributed by atoms with Crippen LogP contribution in [0.3, 0.4) is 0 Å². The molecule has 1 aliphatic heterocycles. The molecule has 1 saturated heterocycles. The Kier molecular flexibility index (Phi) is 5.30. The van der Waals surface area contributed by atoms with Crippen LogP contribution in [0.5, 0.6) is 0 Å². The summed E-state index contributed by atoms with van der Waals surface area (Å²) in [5.41, 5.74) is 0. The van der Waals surface area contributed by atoms with Gasteiger partial charge in [-0.05, 0) is 25.0 Å². The van der Waals surface area contributed by atoms with Gasteiger partial charge in [-0.3, -0.25) is 4.79 Å². The van der Waals surface area contributed by atoms with Crippen molar-refractivity contribution in [2.45, 2.75) is 28.8 Å². The van der Waals surface area contributed by atoms with Crippen LogP contribution in [0.1, 0.15) is 12.8 Å². The monoisotopic (exact) mass is 235 g/mol. The normalized spacial score (nSPS) is 34.4. The fourth-order valence-electron chi connectivity index (χ4n) is 1.67. The van der Waals surface area contributed by atoms with Gasteiger partial charge < -0.3 is 10.2 Å². The number of rotatable bonds is 5. The Balaban J connectivity index is 2.46. The van der Waals surface area contributed by atoms with Crippen LogP contribution in [0.15, 0.2) is 0 Å². The minimum atomic E-state index is -0.652. The van der Waals surface area contributed by atoms with Crippen LogP contribution in [0.4, 0.5) is 0 Å². The van der Waals surface area contributed by atoms with Gasteiger partial charge in [0.2, 0.25) is 6.29 Å². The van der Waals surface area contributed by atoms with Crippen molar-refractivity contribution in [2.75, 3.05) is 12.9 Å². The quantitative estimate of drug-likeness (QED) is 0.733. The predicted molar refractivity (Wildman–Crippen MR) is 60.2 cm³/mol. The van der Waals surface area contributed by atoms with E-state index in [0.29, 0.717) is 16.9 Å². The highest BCUT2D eigenvalue weighted by molar-refractivity contribution is 8.17. The van der Waals surface area contributed by atoms with Gasteiger partial charge in [-0.2, -0.15) is 11.8 Å². The zero-order valence-electron chi connectivity index (χ0n) is 8.05. The molecule has 1 fully saturated rings. The van der Waals surface area contributed by atoms with Crippen LogP contribution in [0.2, 0.25) is 0 Å². The Bertz CT molecular complexity index is 189. The van der Waals surface area contributed by atoms with E-state index < -0.39 is 6.10 Å². The number of aliphatic hydroxyl groups excluding tert-OH is 2. The molecule has 1 aliphatic rings. The lowest BCUT2D eigenvalue weighted by atomic mass is 9.99. The summed E-state index contributed by atoms with van der Waals surface area (Å²) in [7, 11) is 0. The van der Waals surface area contributed by atoms with E-state index in [4.69, 9.17) is 5.11 Å². The standard InChI is InChI=1S/C9H15O3S2/c1-13-9-6(2-7(12)4-10)3-8(5-11)14-9/h6-10,12H,2-4H2,1H3. The smallest absolute Gasteiger partial charge is 0.212 e. The van der Waals surface area contributed by atoms with Crippen molar-refractivity contribution in [3.05, 3.63) is 0 Å². The fourth-order valence-corrected chi connectivity index (χ4v) is 4.31. The van der Waals surface area contributed by atoms with Gasteiger partial charge in [0.1, 0.15) is 0 Å². The minimum Gasteiger partial charge on any atom is -0.394 e. The molecule has 0 amide bonds. The highest BCUT2D eigenvalue weighted by atomic mass is 32.2. The molecule has 1 radical (unpaired) electrons. The van der Waals surface area contributed by atoms with Crippen LogP contribution in [0.25, 0.3) is 0 Å². The van der Waals surface area contributed by atoms with Crippen LogP contribution in [0, 0.1) is 5.92 Å². The lowest BCUT2D eigenvalue weighted by molar-refractivity contribution is 0.0760. The van der Waals surface area contributed by atoms with Gasteiger partial charge in [-0.1, -0.05) is 0 Å². The van der Waals surface area contributed by atoms with Crippen molar-refractivity contribution >= 4 is 29.8 Å². The molecule has 1 rings (SSSR count). The van der Waals surface area contributed by atoms with E-state index in [0.717, 1.165) is 6.42 Å². The van der Waals surface area contributed by atoms with Gasteiger partial charge in [0, 0.05) is 0 Å². The van der Waals surface area contributed by atoms with E-state index in [1.807, 2.05) is 12.5 Å². The van der Waals surface area contributed by atoms with Crippen LogP contribution in [-0.4, -0.2) is 45.3 Å². The van der Waals surface area contributed by atoms with E-state index in [2.05, 4.69) is 0 Å². The summed E-state index contributed by atoms with van der Waals surface area (Å²) in [6.07, 6.45) is 4.71. The first kappa shape index (κ1) is 12.4. The molecule has 4 atom stereocenters. The highest BCUT2D eigenvalue weighted by Gasteiger charge is 2.35.